The molecule has 0 radical (unpaired) electrons. The van der Waals surface area contributed by atoms with Gasteiger partial charge in [0, 0.05) is 6.54 Å². The Hall–Kier alpha value is -3.90. The summed E-state index contributed by atoms with van der Waals surface area (Å²) in [5, 5.41) is 0. The molecular formula is C28H25NO4S. The van der Waals surface area contributed by atoms with E-state index < -0.39 is 16.0 Å². The summed E-state index contributed by atoms with van der Waals surface area (Å²) < 4.78 is 33.8. The lowest BCUT2D eigenvalue weighted by atomic mass is 10.1. The number of hydrogen-bond acceptors (Lipinski definition) is 4. The molecule has 5 nitrogen and oxygen atoms in total. The van der Waals surface area contributed by atoms with Gasteiger partial charge in [0.15, 0.2) is 0 Å². The molecule has 0 aliphatic rings. The molecule has 4 aromatic rings. The highest BCUT2D eigenvalue weighted by Crippen LogP contribution is 2.27. The summed E-state index contributed by atoms with van der Waals surface area (Å²) in [6, 6.07) is 30.6. The van der Waals surface area contributed by atoms with Gasteiger partial charge in [0.1, 0.15) is 5.75 Å². The summed E-state index contributed by atoms with van der Waals surface area (Å²) in [6.07, 6.45) is 0. The molecule has 0 spiro atoms. The highest BCUT2D eigenvalue weighted by atomic mass is 32.2. The molecule has 0 saturated carbocycles. The summed E-state index contributed by atoms with van der Waals surface area (Å²) in [4.78, 5) is 12.9. The number of ether oxygens (including phenoxy) is 1. The number of anilines is 1. The Labute approximate surface area is 200 Å². The van der Waals surface area contributed by atoms with Crippen LogP contribution in [0.1, 0.15) is 22.8 Å². The van der Waals surface area contributed by atoms with E-state index in [4.69, 9.17) is 4.74 Å². The van der Waals surface area contributed by atoms with Crippen molar-refractivity contribution in [1.29, 1.82) is 0 Å². The van der Waals surface area contributed by atoms with Gasteiger partial charge < -0.3 is 4.74 Å². The van der Waals surface area contributed by atoms with Crippen LogP contribution in [0.25, 0.3) is 11.1 Å². The molecule has 0 unspecified atom stereocenters. The minimum atomic E-state index is -3.87. The standard InChI is InChI=1S/C28H25NO4S/c1-3-29(25-12-8-5-9-13-25)34(31,32)27-20-24(15-14-21(27)2)28(30)33-26-18-16-23(17-19-26)22-10-6-4-7-11-22/h4-20H,3H2,1-2H3. The van der Waals surface area contributed by atoms with Crippen molar-refractivity contribution < 1.29 is 17.9 Å². The van der Waals surface area contributed by atoms with E-state index in [-0.39, 0.29) is 17.0 Å². The van der Waals surface area contributed by atoms with Gasteiger partial charge in [0.2, 0.25) is 0 Å². The maximum absolute atomic E-state index is 13.5. The maximum Gasteiger partial charge on any atom is 0.343 e. The third-order valence-electron chi connectivity index (χ3n) is 5.50. The van der Waals surface area contributed by atoms with Gasteiger partial charge in [-0.1, -0.05) is 66.7 Å². The zero-order valence-electron chi connectivity index (χ0n) is 19.0. The SMILES string of the molecule is CCN(c1ccccc1)S(=O)(=O)c1cc(C(=O)Oc2ccc(-c3ccccc3)cc2)ccc1C. The van der Waals surface area contributed by atoms with Crippen LogP contribution < -0.4 is 9.04 Å². The van der Waals surface area contributed by atoms with Crippen LogP contribution in [-0.2, 0) is 10.0 Å². The van der Waals surface area contributed by atoms with Crippen LogP contribution >= 0.6 is 0 Å². The Morgan fingerprint density at radius 3 is 2.00 bits per heavy atom. The normalized spacial score (nSPS) is 11.1. The van der Waals surface area contributed by atoms with Gasteiger partial charge in [-0.15, -0.1) is 0 Å². The highest BCUT2D eigenvalue weighted by molar-refractivity contribution is 7.92. The van der Waals surface area contributed by atoms with Crippen LogP contribution in [0, 0.1) is 6.92 Å². The molecule has 0 N–H and O–H groups in total. The first-order valence-corrected chi connectivity index (χ1v) is 12.4. The highest BCUT2D eigenvalue weighted by Gasteiger charge is 2.26. The lowest BCUT2D eigenvalue weighted by molar-refractivity contribution is 0.0734. The molecule has 0 amide bonds. The summed E-state index contributed by atoms with van der Waals surface area (Å²) in [6.45, 7) is 3.74. The number of carbonyl (C=O) groups is 1. The smallest absolute Gasteiger partial charge is 0.343 e. The third kappa shape index (κ3) is 4.87. The Morgan fingerprint density at radius 2 is 1.38 bits per heavy atom. The monoisotopic (exact) mass is 471 g/mol. The predicted octanol–water partition coefficient (Wildman–Crippen LogP) is 6.10. The van der Waals surface area contributed by atoms with E-state index in [0.29, 0.717) is 17.0 Å². The first-order valence-electron chi connectivity index (χ1n) is 11.0. The largest absolute Gasteiger partial charge is 0.423 e. The van der Waals surface area contributed by atoms with Gasteiger partial charge in [-0.2, -0.15) is 0 Å². The number of aryl methyl sites for hydroxylation is 1. The first kappa shape index (κ1) is 23.3. The van der Waals surface area contributed by atoms with Gasteiger partial charge >= 0.3 is 5.97 Å². The number of benzene rings is 4. The van der Waals surface area contributed by atoms with Gasteiger partial charge in [-0.05, 0) is 66.9 Å². The molecule has 4 aromatic carbocycles. The average molecular weight is 472 g/mol. The van der Waals surface area contributed by atoms with E-state index in [1.807, 2.05) is 48.5 Å². The molecular weight excluding hydrogens is 446 g/mol. The van der Waals surface area contributed by atoms with Crippen molar-refractivity contribution in [3.63, 3.8) is 0 Å². The lowest BCUT2D eigenvalue weighted by Crippen LogP contribution is -2.31. The molecule has 0 atom stereocenters. The van der Waals surface area contributed by atoms with Crippen molar-refractivity contribution in [2.45, 2.75) is 18.7 Å². The Kier molecular flexibility index (Phi) is 6.80. The fourth-order valence-corrected chi connectivity index (χ4v) is 5.45. The predicted molar refractivity (Wildman–Crippen MR) is 135 cm³/mol. The summed E-state index contributed by atoms with van der Waals surface area (Å²) in [5.74, 6) is -0.235. The number of nitrogens with zero attached hydrogens (tertiary/aromatic N) is 1. The molecule has 0 aliphatic carbocycles. The van der Waals surface area contributed by atoms with Crippen LogP contribution in [-0.4, -0.2) is 20.9 Å². The maximum atomic E-state index is 13.5. The Bertz CT molecular complexity index is 1380. The molecule has 0 aliphatic heterocycles. The van der Waals surface area contributed by atoms with E-state index in [1.165, 1.54) is 10.4 Å². The first-order chi connectivity index (χ1) is 16.4. The Balaban J connectivity index is 1.58. The van der Waals surface area contributed by atoms with Gasteiger partial charge in [-0.3, -0.25) is 4.31 Å². The molecule has 0 heterocycles. The van der Waals surface area contributed by atoms with Gasteiger partial charge in [0.25, 0.3) is 10.0 Å². The molecule has 0 aromatic heterocycles. The van der Waals surface area contributed by atoms with Gasteiger partial charge in [0.05, 0.1) is 16.1 Å². The lowest BCUT2D eigenvalue weighted by Gasteiger charge is -2.24. The minimum Gasteiger partial charge on any atom is -0.423 e. The van der Waals surface area contributed by atoms with Crippen LogP contribution in [0.3, 0.4) is 0 Å². The number of esters is 1. The van der Waals surface area contributed by atoms with Crippen molar-refractivity contribution in [2.75, 3.05) is 10.8 Å². The van der Waals surface area contributed by atoms with E-state index >= 15 is 0 Å². The van der Waals surface area contributed by atoms with Crippen LogP contribution in [0.4, 0.5) is 5.69 Å². The second-order valence-corrected chi connectivity index (χ2v) is 9.60. The van der Waals surface area contributed by atoms with Crippen molar-refractivity contribution in [3.05, 3.63) is 114 Å². The van der Waals surface area contributed by atoms with Crippen LogP contribution in [0.2, 0.25) is 0 Å². The molecule has 4 rings (SSSR count). The van der Waals surface area contributed by atoms with Gasteiger partial charge in [-0.25, -0.2) is 13.2 Å². The third-order valence-corrected chi connectivity index (χ3v) is 7.54. The number of carbonyl (C=O) groups excluding carboxylic acids is 1. The second-order valence-electron chi connectivity index (χ2n) is 7.77. The van der Waals surface area contributed by atoms with E-state index in [0.717, 1.165) is 11.1 Å². The zero-order valence-corrected chi connectivity index (χ0v) is 19.8. The van der Waals surface area contributed by atoms with E-state index in [1.54, 1.807) is 62.4 Å². The zero-order chi connectivity index (χ0) is 24.1. The molecule has 34 heavy (non-hydrogen) atoms. The second kappa shape index (κ2) is 9.93. The van der Waals surface area contributed by atoms with Crippen molar-refractivity contribution >= 4 is 21.7 Å². The van der Waals surface area contributed by atoms with Crippen LogP contribution in [0.5, 0.6) is 5.75 Å². The molecule has 6 heteroatoms. The Morgan fingerprint density at radius 1 is 0.794 bits per heavy atom. The molecule has 172 valence electrons. The number of sulfonamides is 1. The number of hydrogen-bond donors (Lipinski definition) is 0. The van der Waals surface area contributed by atoms with E-state index in [9.17, 15) is 13.2 Å². The topological polar surface area (TPSA) is 63.7 Å². The fourth-order valence-electron chi connectivity index (χ4n) is 3.72. The quantitative estimate of drug-likeness (QED) is 0.241. The van der Waals surface area contributed by atoms with Crippen molar-refractivity contribution in [3.8, 4) is 16.9 Å². The molecule has 0 bridgehead atoms. The minimum absolute atomic E-state index is 0.0760. The van der Waals surface area contributed by atoms with Crippen molar-refractivity contribution in [1.82, 2.24) is 0 Å². The van der Waals surface area contributed by atoms with Crippen molar-refractivity contribution in [2.24, 2.45) is 0 Å². The number of rotatable bonds is 7. The van der Waals surface area contributed by atoms with Crippen LogP contribution in [0.15, 0.2) is 108 Å². The summed E-state index contributed by atoms with van der Waals surface area (Å²) >= 11 is 0. The van der Waals surface area contributed by atoms with E-state index in [2.05, 4.69) is 0 Å². The summed E-state index contributed by atoms with van der Waals surface area (Å²) in [5.41, 5.74) is 3.35. The number of para-hydroxylation sites is 1. The molecule has 0 fully saturated rings. The summed E-state index contributed by atoms with van der Waals surface area (Å²) in [7, 11) is -3.87. The fraction of sp³-hybridized carbons (Fsp3) is 0.107. The molecule has 0 saturated heterocycles. The average Bonchev–Trinajstić information content (AvgIpc) is 2.86.